The number of likely N-dealkylation sites (N-methyl/N-ethyl adjacent to an activating group) is 1. The summed E-state index contributed by atoms with van der Waals surface area (Å²) in [4.78, 5) is 8.89. The normalized spacial score (nSPS) is 24.1. The maximum absolute atomic E-state index is 9.92. The average molecular weight is 281 g/mol. The Hall–Kier alpha value is -0.980. The van der Waals surface area contributed by atoms with Crippen LogP contribution in [0.3, 0.4) is 0 Å². The van der Waals surface area contributed by atoms with Crippen molar-refractivity contribution in [2.75, 3.05) is 27.2 Å². The molecule has 1 fully saturated rings. The van der Waals surface area contributed by atoms with Gasteiger partial charge in [0.15, 0.2) is 0 Å². The van der Waals surface area contributed by atoms with Crippen LogP contribution >= 0.6 is 0 Å². The molecule has 1 aliphatic rings. The summed E-state index contributed by atoms with van der Waals surface area (Å²) in [5, 5.41) is 14.2. The first-order chi connectivity index (χ1) is 9.45. The van der Waals surface area contributed by atoms with E-state index in [0.29, 0.717) is 12.0 Å². The minimum Gasteiger partial charge on any atom is -0.392 e. The summed E-state index contributed by atoms with van der Waals surface area (Å²) < 4.78 is 1.99. The van der Waals surface area contributed by atoms with Gasteiger partial charge in [0, 0.05) is 25.7 Å². The van der Waals surface area contributed by atoms with E-state index in [1.807, 2.05) is 4.68 Å². The fourth-order valence-corrected chi connectivity index (χ4v) is 2.85. The molecule has 2 atom stereocenters. The molecule has 0 aliphatic carbocycles. The molecule has 6 nitrogen and oxygen atoms in total. The molecule has 0 bridgehead atoms. The molecule has 2 unspecified atom stereocenters. The second-order valence-corrected chi connectivity index (χ2v) is 6.49. The van der Waals surface area contributed by atoms with Crippen molar-refractivity contribution in [3.63, 3.8) is 0 Å². The van der Waals surface area contributed by atoms with Crippen LogP contribution in [0.15, 0.2) is 6.33 Å². The predicted molar refractivity (Wildman–Crippen MR) is 78.2 cm³/mol. The van der Waals surface area contributed by atoms with E-state index in [9.17, 15) is 5.11 Å². The number of aliphatic hydroxyl groups is 1. The molecule has 1 N–H and O–H groups in total. The van der Waals surface area contributed by atoms with Crippen LogP contribution in [0.1, 0.15) is 26.1 Å². The van der Waals surface area contributed by atoms with Gasteiger partial charge in [0.05, 0.1) is 12.6 Å². The van der Waals surface area contributed by atoms with Crippen LogP contribution in [0, 0.1) is 5.92 Å². The zero-order valence-electron chi connectivity index (χ0n) is 13.0. The van der Waals surface area contributed by atoms with Crippen LogP contribution in [0.25, 0.3) is 0 Å². The van der Waals surface area contributed by atoms with Gasteiger partial charge >= 0.3 is 0 Å². The van der Waals surface area contributed by atoms with Crippen molar-refractivity contribution in [1.82, 2.24) is 24.6 Å². The van der Waals surface area contributed by atoms with E-state index in [4.69, 9.17) is 0 Å². The summed E-state index contributed by atoms with van der Waals surface area (Å²) in [5.41, 5.74) is 0. The highest BCUT2D eigenvalue weighted by atomic mass is 16.3. The first-order valence-electron chi connectivity index (χ1n) is 7.39. The van der Waals surface area contributed by atoms with Gasteiger partial charge < -0.3 is 10.0 Å². The first kappa shape index (κ1) is 15.4. The van der Waals surface area contributed by atoms with Crippen molar-refractivity contribution in [3.05, 3.63) is 12.2 Å². The van der Waals surface area contributed by atoms with E-state index < -0.39 is 0 Å². The molecule has 0 spiro atoms. The quantitative estimate of drug-likeness (QED) is 0.819. The van der Waals surface area contributed by atoms with Crippen LogP contribution in [-0.2, 0) is 13.1 Å². The molecule has 1 aromatic heterocycles. The lowest BCUT2D eigenvalue weighted by Crippen LogP contribution is -2.37. The minimum absolute atomic E-state index is 0.221. The van der Waals surface area contributed by atoms with E-state index in [0.717, 1.165) is 38.4 Å². The Morgan fingerprint density at radius 3 is 2.85 bits per heavy atom. The third kappa shape index (κ3) is 4.01. The monoisotopic (exact) mass is 281 g/mol. The Labute approximate surface area is 121 Å². The fourth-order valence-electron chi connectivity index (χ4n) is 2.85. The van der Waals surface area contributed by atoms with E-state index >= 15 is 0 Å². The number of likely N-dealkylation sites (tertiary alicyclic amines) is 1. The van der Waals surface area contributed by atoms with Gasteiger partial charge in [-0.25, -0.2) is 9.67 Å². The number of nitrogens with zero attached hydrogens (tertiary/aromatic N) is 5. The summed E-state index contributed by atoms with van der Waals surface area (Å²) >= 11 is 0. The second-order valence-electron chi connectivity index (χ2n) is 6.49. The molecule has 1 saturated heterocycles. The number of hydrogen-bond acceptors (Lipinski definition) is 5. The molecule has 0 radical (unpaired) electrons. The Kier molecular flexibility index (Phi) is 5.12. The SMILES string of the molecule is CC(C)Cn1ncnc1CN1CC(O)CC1CN(C)C. The molecule has 114 valence electrons. The number of hydrogen-bond donors (Lipinski definition) is 1. The molecule has 1 aromatic rings. The maximum Gasteiger partial charge on any atom is 0.141 e. The second kappa shape index (κ2) is 6.65. The van der Waals surface area contributed by atoms with Gasteiger partial charge in [-0.05, 0) is 26.4 Å². The summed E-state index contributed by atoms with van der Waals surface area (Å²) in [6.45, 7) is 7.72. The van der Waals surface area contributed by atoms with Crippen LogP contribution < -0.4 is 0 Å². The van der Waals surface area contributed by atoms with Gasteiger partial charge in [0.25, 0.3) is 0 Å². The van der Waals surface area contributed by atoms with Crippen LogP contribution in [0.5, 0.6) is 0 Å². The largest absolute Gasteiger partial charge is 0.392 e. The van der Waals surface area contributed by atoms with E-state index in [1.54, 1.807) is 6.33 Å². The number of aromatic nitrogens is 3. The summed E-state index contributed by atoms with van der Waals surface area (Å²) in [7, 11) is 4.15. The van der Waals surface area contributed by atoms with E-state index in [-0.39, 0.29) is 6.10 Å². The first-order valence-corrected chi connectivity index (χ1v) is 7.39. The van der Waals surface area contributed by atoms with Crippen molar-refractivity contribution < 1.29 is 5.11 Å². The Morgan fingerprint density at radius 1 is 1.45 bits per heavy atom. The highest BCUT2D eigenvalue weighted by Crippen LogP contribution is 2.20. The van der Waals surface area contributed by atoms with Crippen molar-refractivity contribution in [3.8, 4) is 0 Å². The van der Waals surface area contributed by atoms with Crippen molar-refractivity contribution in [2.45, 2.75) is 45.5 Å². The van der Waals surface area contributed by atoms with Gasteiger partial charge in [0.1, 0.15) is 12.2 Å². The predicted octanol–water partition coefficient (Wildman–Crippen LogP) is 0.431. The molecule has 0 saturated carbocycles. The average Bonchev–Trinajstić information content (AvgIpc) is 2.86. The molecular formula is C14H27N5O. The number of rotatable bonds is 6. The Balaban J connectivity index is 2.02. The maximum atomic E-state index is 9.92. The zero-order valence-corrected chi connectivity index (χ0v) is 13.0. The Bertz CT molecular complexity index is 417. The molecule has 0 amide bonds. The number of β-amino-alcohol motifs (C(OH)–C–C–N with tert-alkyl or cyclic N) is 1. The number of aliphatic hydroxyl groups excluding tert-OH is 1. The molecule has 0 aromatic carbocycles. The summed E-state index contributed by atoms with van der Waals surface area (Å²) in [6.07, 6.45) is 2.25. The molecule has 20 heavy (non-hydrogen) atoms. The van der Waals surface area contributed by atoms with Crippen molar-refractivity contribution >= 4 is 0 Å². The lowest BCUT2D eigenvalue weighted by atomic mass is 10.2. The molecular weight excluding hydrogens is 254 g/mol. The third-order valence-electron chi connectivity index (χ3n) is 3.66. The molecule has 1 aliphatic heterocycles. The summed E-state index contributed by atoms with van der Waals surface area (Å²) in [5.74, 6) is 1.55. The van der Waals surface area contributed by atoms with Gasteiger partial charge in [-0.1, -0.05) is 13.8 Å². The lowest BCUT2D eigenvalue weighted by Gasteiger charge is -2.26. The molecule has 2 rings (SSSR count). The zero-order chi connectivity index (χ0) is 14.7. The highest BCUT2D eigenvalue weighted by molar-refractivity contribution is 4.92. The lowest BCUT2D eigenvalue weighted by molar-refractivity contribution is 0.165. The standard InChI is InChI=1S/C14H27N5O/c1-11(2)6-19-14(15-10-16-19)9-18-8-13(20)5-12(18)7-17(3)4/h10-13,20H,5-9H2,1-4H3. The third-order valence-corrected chi connectivity index (χ3v) is 3.66. The minimum atomic E-state index is -0.221. The van der Waals surface area contributed by atoms with Crippen LogP contribution in [-0.4, -0.2) is 69.0 Å². The molecule has 6 heteroatoms. The van der Waals surface area contributed by atoms with Crippen LogP contribution in [0.4, 0.5) is 0 Å². The van der Waals surface area contributed by atoms with Gasteiger partial charge in [-0.3, -0.25) is 4.90 Å². The Morgan fingerprint density at radius 2 is 2.20 bits per heavy atom. The molecule has 2 heterocycles. The van der Waals surface area contributed by atoms with E-state index in [1.165, 1.54) is 0 Å². The van der Waals surface area contributed by atoms with Crippen LogP contribution in [0.2, 0.25) is 0 Å². The van der Waals surface area contributed by atoms with Crippen molar-refractivity contribution in [2.24, 2.45) is 5.92 Å². The van der Waals surface area contributed by atoms with E-state index in [2.05, 4.69) is 47.8 Å². The van der Waals surface area contributed by atoms with Gasteiger partial charge in [-0.15, -0.1) is 0 Å². The topological polar surface area (TPSA) is 57.4 Å². The van der Waals surface area contributed by atoms with Gasteiger partial charge in [-0.2, -0.15) is 5.10 Å². The summed E-state index contributed by atoms with van der Waals surface area (Å²) in [6, 6.07) is 0.393. The fraction of sp³-hybridized carbons (Fsp3) is 0.857. The highest BCUT2D eigenvalue weighted by Gasteiger charge is 2.31. The van der Waals surface area contributed by atoms with Crippen molar-refractivity contribution in [1.29, 1.82) is 0 Å². The smallest absolute Gasteiger partial charge is 0.141 e. The van der Waals surface area contributed by atoms with Gasteiger partial charge in [0.2, 0.25) is 0 Å².